The van der Waals surface area contributed by atoms with E-state index in [0.29, 0.717) is 0 Å². The van der Waals surface area contributed by atoms with Gasteiger partial charge in [-0.2, -0.15) is 0 Å². The Morgan fingerprint density at radius 3 is 1.89 bits per heavy atom. The fourth-order valence-electron chi connectivity index (χ4n) is 8.04. The highest BCUT2D eigenvalue weighted by atomic mass is 16.3. The number of para-hydroxylation sites is 1. The SMILES string of the molecule is CC1(C)c2cc(-c3ccc4c(c3)c3ccccc3c3cc5c(cc43)oc3ccccc35)ccc2-c2c1ccc1ccccc21. The van der Waals surface area contributed by atoms with Crippen LogP contribution < -0.4 is 0 Å². The lowest BCUT2D eigenvalue weighted by atomic mass is 9.81. The van der Waals surface area contributed by atoms with Crippen molar-refractivity contribution in [3.05, 3.63) is 145 Å². The van der Waals surface area contributed by atoms with Gasteiger partial charge in [0.2, 0.25) is 0 Å². The molecule has 0 bridgehead atoms. The van der Waals surface area contributed by atoms with E-state index in [4.69, 9.17) is 4.42 Å². The summed E-state index contributed by atoms with van der Waals surface area (Å²) in [5.41, 5.74) is 9.87. The normalized spacial score (nSPS) is 13.9. The second-order valence-electron chi connectivity index (χ2n) is 12.9. The van der Waals surface area contributed by atoms with E-state index in [9.17, 15) is 0 Å². The maximum atomic E-state index is 6.33. The quantitative estimate of drug-likeness (QED) is 0.182. The maximum absolute atomic E-state index is 6.33. The van der Waals surface area contributed by atoms with Gasteiger partial charge in [-0.05, 0) is 107 Å². The van der Waals surface area contributed by atoms with Crippen LogP contribution in [0, 0.1) is 0 Å². The highest BCUT2D eigenvalue weighted by Crippen LogP contribution is 2.52. The Morgan fingerprint density at radius 1 is 0.409 bits per heavy atom. The maximum Gasteiger partial charge on any atom is 0.136 e. The second-order valence-corrected chi connectivity index (χ2v) is 12.9. The van der Waals surface area contributed by atoms with E-state index in [1.165, 1.54) is 87.2 Å². The zero-order chi connectivity index (χ0) is 29.2. The van der Waals surface area contributed by atoms with Crippen molar-refractivity contribution < 1.29 is 4.42 Å². The van der Waals surface area contributed by atoms with Crippen molar-refractivity contribution in [2.75, 3.05) is 0 Å². The molecule has 0 aliphatic heterocycles. The summed E-state index contributed by atoms with van der Waals surface area (Å²) in [4.78, 5) is 0. The molecular formula is C43H28O. The van der Waals surface area contributed by atoms with Crippen molar-refractivity contribution in [2.24, 2.45) is 0 Å². The second kappa shape index (κ2) is 8.36. The first-order valence-electron chi connectivity index (χ1n) is 15.4. The highest BCUT2D eigenvalue weighted by molar-refractivity contribution is 6.28. The summed E-state index contributed by atoms with van der Waals surface area (Å²) in [6.45, 7) is 4.74. The Morgan fingerprint density at radius 2 is 1.05 bits per heavy atom. The number of benzene rings is 8. The summed E-state index contributed by atoms with van der Waals surface area (Å²) in [5.74, 6) is 0. The fraction of sp³-hybridized carbons (Fsp3) is 0.0698. The van der Waals surface area contributed by atoms with E-state index >= 15 is 0 Å². The molecule has 0 saturated heterocycles. The van der Waals surface area contributed by atoms with Gasteiger partial charge in [0.1, 0.15) is 11.2 Å². The average Bonchev–Trinajstić information content (AvgIpc) is 3.55. The standard InChI is InChI=1S/C43H28O/c1-43(2)38-20-17-25-9-3-4-10-28(25)42(38)33-19-16-27(22-39(33)43)26-15-18-31-34(21-26)29-11-5-6-12-30(29)35-23-37-32-13-7-8-14-40(32)44-41(37)24-36(31)35/h3-24H,1-2H3. The Labute approximate surface area is 255 Å². The number of fused-ring (bicyclic) bond motifs is 14. The topological polar surface area (TPSA) is 13.1 Å². The molecule has 8 aromatic carbocycles. The van der Waals surface area contributed by atoms with Crippen molar-refractivity contribution in [3.63, 3.8) is 0 Å². The third-order valence-electron chi connectivity index (χ3n) is 10.2. The number of furan rings is 1. The van der Waals surface area contributed by atoms with Gasteiger partial charge in [0.05, 0.1) is 0 Å². The lowest BCUT2D eigenvalue weighted by Gasteiger charge is -2.22. The van der Waals surface area contributed by atoms with Gasteiger partial charge in [-0.15, -0.1) is 0 Å². The minimum Gasteiger partial charge on any atom is -0.456 e. The average molecular weight is 561 g/mol. The molecule has 0 N–H and O–H groups in total. The van der Waals surface area contributed by atoms with Gasteiger partial charge >= 0.3 is 0 Å². The fourth-order valence-corrected chi connectivity index (χ4v) is 8.04. The number of hydrogen-bond donors (Lipinski definition) is 0. The molecule has 44 heavy (non-hydrogen) atoms. The van der Waals surface area contributed by atoms with Crippen molar-refractivity contribution in [2.45, 2.75) is 19.3 Å². The molecule has 10 rings (SSSR count). The lowest BCUT2D eigenvalue weighted by molar-refractivity contribution is 0.661. The van der Waals surface area contributed by atoms with Gasteiger partial charge in [0.15, 0.2) is 0 Å². The van der Waals surface area contributed by atoms with Crippen LogP contribution in [0.4, 0.5) is 0 Å². The zero-order valence-electron chi connectivity index (χ0n) is 24.6. The van der Waals surface area contributed by atoms with E-state index < -0.39 is 0 Å². The van der Waals surface area contributed by atoms with Crippen LogP contribution in [0.15, 0.2) is 138 Å². The predicted molar refractivity (Wildman–Crippen MR) is 187 cm³/mol. The lowest BCUT2D eigenvalue weighted by Crippen LogP contribution is -2.15. The predicted octanol–water partition coefficient (Wildman–Crippen LogP) is 12.2. The molecule has 1 aliphatic carbocycles. The van der Waals surface area contributed by atoms with Gasteiger partial charge < -0.3 is 4.42 Å². The van der Waals surface area contributed by atoms with Crippen LogP contribution in [-0.4, -0.2) is 0 Å². The van der Waals surface area contributed by atoms with Gasteiger partial charge in [0, 0.05) is 16.2 Å². The van der Waals surface area contributed by atoms with Crippen LogP contribution in [-0.2, 0) is 5.41 Å². The summed E-state index contributed by atoms with van der Waals surface area (Å²) < 4.78 is 6.33. The Balaban J connectivity index is 1.21. The number of hydrogen-bond acceptors (Lipinski definition) is 1. The summed E-state index contributed by atoms with van der Waals surface area (Å²) in [6, 6.07) is 49.3. The van der Waals surface area contributed by atoms with Crippen LogP contribution >= 0.6 is 0 Å². The first-order chi connectivity index (χ1) is 21.6. The molecule has 0 radical (unpaired) electrons. The first kappa shape index (κ1) is 24.1. The third-order valence-corrected chi connectivity index (χ3v) is 10.2. The van der Waals surface area contributed by atoms with Gasteiger partial charge in [-0.1, -0.05) is 117 Å². The molecule has 206 valence electrons. The minimum atomic E-state index is -0.0671. The molecule has 9 aromatic rings. The van der Waals surface area contributed by atoms with Gasteiger partial charge in [-0.25, -0.2) is 0 Å². The molecule has 0 saturated carbocycles. The van der Waals surface area contributed by atoms with E-state index in [1.807, 2.05) is 6.07 Å². The molecule has 0 unspecified atom stereocenters. The van der Waals surface area contributed by atoms with Crippen LogP contribution in [0.25, 0.3) is 87.3 Å². The Hall–Kier alpha value is -5.40. The summed E-state index contributed by atoms with van der Waals surface area (Å²) >= 11 is 0. The molecule has 1 nitrogen and oxygen atoms in total. The molecule has 0 fully saturated rings. The first-order valence-corrected chi connectivity index (χ1v) is 15.4. The summed E-state index contributed by atoms with van der Waals surface area (Å²) in [6.07, 6.45) is 0. The smallest absolute Gasteiger partial charge is 0.136 e. The monoisotopic (exact) mass is 560 g/mol. The van der Waals surface area contributed by atoms with E-state index in [0.717, 1.165) is 11.2 Å². The summed E-state index contributed by atoms with van der Waals surface area (Å²) in [5, 5.41) is 12.6. The molecule has 0 spiro atoms. The Kier molecular flexibility index (Phi) is 4.58. The van der Waals surface area contributed by atoms with E-state index in [2.05, 4.69) is 141 Å². The van der Waals surface area contributed by atoms with Gasteiger partial charge in [0.25, 0.3) is 0 Å². The van der Waals surface area contributed by atoms with Crippen molar-refractivity contribution in [3.8, 4) is 22.3 Å². The van der Waals surface area contributed by atoms with E-state index in [1.54, 1.807) is 0 Å². The summed E-state index contributed by atoms with van der Waals surface area (Å²) in [7, 11) is 0. The molecule has 1 heteroatoms. The molecule has 1 aromatic heterocycles. The van der Waals surface area contributed by atoms with Crippen molar-refractivity contribution >= 4 is 65.0 Å². The molecule has 0 amide bonds. The minimum absolute atomic E-state index is 0.0671. The molecule has 1 aliphatic rings. The highest BCUT2D eigenvalue weighted by Gasteiger charge is 2.36. The number of rotatable bonds is 1. The van der Waals surface area contributed by atoms with Crippen LogP contribution in [0.2, 0.25) is 0 Å². The molecular weight excluding hydrogens is 532 g/mol. The molecule has 1 heterocycles. The van der Waals surface area contributed by atoms with Crippen LogP contribution in [0.3, 0.4) is 0 Å². The van der Waals surface area contributed by atoms with Gasteiger partial charge in [-0.3, -0.25) is 0 Å². The van der Waals surface area contributed by atoms with Crippen molar-refractivity contribution in [1.82, 2.24) is 0 Å². The van der Waals surface area contributed by atoms with Crippen molar-refractivity contribution in [1.29, 1.82) is 0 Å². The van der Waals surface area contributed by atoms with Crippen LogP contribution in [0.1, 0.15) is 25.0 Å². The third kappa shape index (κ3) is 3.09. The van der Waals surface area contributed by atoms with E-state index in [-0.39, 0.29) is 5.41 Å². The Bertz CT molecular complexity index is 2680. The largest absolute Gasteiger partial charge is 0.456 e. The zero-order valence-corrected chi connectivity index (χ0v) is 24.6. The van der Waals surface area contributed by atoms with Crippen LogP contribution in [0.5, 0.6) is 0 Å². The molecule has 0 atom stereocenters.